The number of thiocarbonyl (C=S) groups is 1. The number of esters is 1. The standard InChI is InChI=1S/C31H30BrClN4O6S/c1-4-41-30(39)28-18(2)35-31(44)36-29(28)21-10-6-8-12-24(21)43-17-27(38)37-34-15-20-13-25(40-3)26(14-22(20)32)42-16-19-9-5-7-11-23(19)33/h5-15,29H,4,16-17H2,1-3H3,(H,37,38)(H2,35,36,44)/t29-/m0/s1. The summed E-state index contributed by atoms with van der Waals surface area (Å²) in [5.41, 5.74) is 5.49. The average Bonchev–Trinajstić information content (AvgIpc) is 3.00. The Kier molecular flexibility index (Phi) is 11.6. The second-order valence-electron chi connectivity index (χ2n) is 9.31. The molecule has 3 aromatic rings. The van der Waals surface area contributed by atoms with Gasteiger partial charge in [-0.3, -0.25) is 4.79 Å². The number of nitrogens with one attached hydrogen (secondary N) is 3. The van der Waals surface area contributed by atoms with Gasteiger partial charge in [-0.25, -0.2) is 10.2 Å². The van der Waals surface area contributed by atoms with E-state index in [0.717, 1.165) is 5.56 Å². The van der Waals surface area contributed by atoms with Crippen molar-refractivity contribution in [3.05, 3.63) is 98.1 Å². The Balaban J connectivity index is 1.40. The van der Waals surface area contributed by atoms with E-state index in [4.69, 9.17) is 42.8 Å². The topological polar surface area (TPSA) is 120 Å². The molecule has 13 heteroatoms. The number of carbonyl (C=O) groups is 2. The molecule has 1 aliphatic rings. The summed E-state index contributed by atoms with van der Waals surface area (Å²) in [7, 11) is 1.53. The van der Waals surface area contributed by atoms with Gasteiger partial charge < -0.3 is 29.6 Å². The third-order valence-electron chi connectivity index (χ3n) is 6.37. The molecule has 0 unspecified atom stereocenters. The molecule has 10 nitrogen and oxygen atoms in total. The van der Waals surface area contributed by atoms with E-state index in [9.17, 15) is 9.59 Å². The Morgan fingerprint density at radius 3 is 2.59 bits per heavy atom. The lowest BCUT2D eigenvalue weighted by atomic mass is 9.95. The first-order chi connectivity index (χ1) is 21.2. The molecule has 0 radical (unpaired) electrons. The molecule has 1 atom stereocenters. The van der Waals surface area contributed by atoms with Crippen LogP contribution in [0.4, 0.5) is 0 Å². The van der Waals surface area contributed by atoms with E-state index < -0.39 is 17.9 Å². The fraction of sp³-hybridized carbons (Fsp3) is 0.226. The summed E-state index contributed by atoms with van der Waals surface area (Å²) in [4.78, 5) is 25.4. The molecule has 4 rings (SSSR count). The maximum atomic E-state index is 12.8. The third-order valence-corrected chi connectivity index (χ3v) is 7.65. The number of carbonyl (C=O) groups excluding carboxylic acids is 2. The summed E-state index contributed by atoms with van der Waals surface area (Å²) < 4.78 is 23.2. The van der Waals surface area contributed by atoms with Crippen LogP contribution in [0.2, 0.25) is 5.02 Å². The number of hydrogen-bond acceptors (Lipinski definition) is 8. The minimum atomic E-state index is -0.635. The second-order valence-corrected chi connectivity index (χ2v) is 11.0. The molecular weight excluding hydrogens is 672 g/mol. The number of rotatable bonds is 12. The molecule has 3 N–H and O–H groups in total. The Labute approximate surface area is 273 Å². The van der Waals surface area contributed by atoms with Crippen molar-refractivity contribution in [1.29, 1.82) is 0 Å². The van der Waals surface area contributed by atoms with E-state index in [2.05, 4.69) is 37.1 Å². The van der Waals surface area contributed by atoms with Crippen molar-refractivity contribution in [3.63, 3.8) is 0 Å². The van der Waals surface area contributed by atoms with Crippen LogP contribution in [0.5, 0.6) is 17.2 Å². The zero-order valence-corrected chi connectivity index (χ0v) is 27.3. The van der Waals surface area contributed by atoms with Crippen molar-refractivity contribution in [1.82, 2.24) is 16.1 Å². The minimum Gasteiger partial charge on any atom is -0.493 e. The maximum Gasteiger partial charge on any atom is 0.338 e. The fourth-order valence-corrected chi connectivity index (χ4v) is 5.19. The van der Waals surface area contributed by atoms with Crippen molar-refractivity contribution >= 4 is 63.0 Å². The molecule has 0 fully saturated rings. The zero-order valence-electron chi connectivity index (χ0n) is 24.1. The van der Waals surface area contributed by atoms with Gasteiger partial charge in [0, 0.05) is 31.9 Å². The lowest BCUT2D eigenvalue weighted by molar-refractivity contribution is -0.139. The lowest BCUT2D eigenvalue weighted by Crippen LogP contribution is -2.45. The number of allylic oxidation sites excluding steroid dienone is 1. The quantitative estimate of drug-likeness (QED) is 0.0964. The van der Waals surface area contributed by atoms with E-state index in [1.54, 1.807) is 56.3 Å². The first kappa shape index (κ1) is 32.8. The highest BCUT2D eigenvalue weighted by atomic mass is 79.9. The highest BCUT2D eigenvalue weighted by Gasteiger charge is 2.32. The zero-order chi connectivity index (χ0) is 31.6. The largest absolute Gasteiger partial charge is 0.493 e. The van der Waals surface area contributed by atoms with E-state index in [1.807, 2.05) is 18.2 Å². The van der Waals surface area contributed by atoms with Crippen molar-refractivity contribution in [2.75, 3.05) is 20.3 Å². The number of para-hydroxylation sites is 1. The third kappa shape index (κ3) is 8.28. The van der Waals surface area contributed by atoms with Gasteiger partial charge in [-0.15, -0.1) is 0 Å². The first-order valence-electron chi connectivity index (χ1n) is 13.4. The first-order valence-corrected chi connectivity index (χ1v) is 15.0. The minimum absolute atomic E-state index is 0.219. The summed E-state index contributed by atoms with van der Waals surface area (Å²) in [6.07, 6.45) is 1.47. The van der Waals surface area contributed by atoms with Crippen molar-refractivity contribution < 1.29 is 28.5 Å². The smallest absolute Gasteiger partial charge is 0.338 e. The van der Waals surface area contributed by atoms with E-state index in [1.165, 1.54) is 13.3 Å². The van der Waals surface area contributed by atoms with Gasteiger partial charge in [0.15, 0.2) is 23.2 Å². The number of halogens is 2. The molecule has 0 aromatic heterocycles. The number of amides is 1. The van der Waals surface area contributed by atoms with Gasteiger partial charge in [-0.1, -0.05) is 48.0 Å². The van der Waals surface area contributed by atoms with Gasteiger partial charge in [0.05, 0.1) is 31.5 Å². The average molecular weight is 702 g/mol. The summed E-state index contributed by atoms with van der Waals surface area (Å²) in [6.45, 7) is 3.63. The van der Waals surface area contributed by atoms with Crippen LogP contribution < -0.4 is 30.3 Å². The molecule has 44 heavy (non-hydrogen) atoms. The van der Waals surface area contributed by atoms with Gasteiger partial charge >= 0.3 is 5.97 Å². The van der Waals surface area contributed by atoms with E-state index in [0.29, 0.717) is 54.3 Å². The van der Waals surface area contributed by atoms with Crippen LogP contribution in [0.15, 0.2) is 81.5 Å². The predicted molar refractivity (Wildman–Crippen MR) is 175 cm³/mol. The SMILES string of the molecule is CCOC(=O)C1=C(C)NC(=S)N[C@H]1c1ccccc1OCC(=O)NN=Cc1cc(OC)c(OCc2ccccc2Cl)cc1Br. The normalized spacial score (nSPS) is 14.5. The molecule has 230 valence electrons. The Hall–Kier alpha value is -4.13. The van der Waals surface area contributed by atoms with Crippen LogP contribution in [0.25, 0.3) is 0 Å². The number of ether oxygens (including phenoxy) is 4. The molecule has 1 amide bonds. The van der Waals surface area contributed by atoms with Crippen LogP contribution >= 0.6 is 39.7 Å². The molecular formula is C31H30BrClN4O6S. The summed E-state index contributed by atoms with van der Waals surface area (Å²) in [6, 6.07) is 17.3. The summed E-state index contributed by atoms with van der Waals surface area (Å²) >= 11 is 15.1. The van der Waals surface area contributed by atoms with Gasteiger partial charge in [-0.05, 0) is 66.3 Å². The van der Waals surface area contributed by atoms with Crippen molar-refractivity contribution in [2.45, 2.75) is 26.5 Å². The predicted octanol–water partition coefficient (Wildman–Crippen LogP) is 5.58. The Bertz CT molecular complexity index is 1620. The number of methoxy groups -OCH3 is 1. The van der Waals surface area contributed by atoms with Gasteiger partial charge in [0.25, 0.3) is 5.91 Å². The van der Waals surface area contributed by atoms with Crippen molar-refractivity contribution in [2.24, 2.45) is 5.10 Å². The highest BCUT2D eigenvalue weighted by molar-refractivity contribution is 9.10. The molecule has 0 bridgehead atoms. The van der Waals surface area contributed by atoms with Gasteiger partial charge in [0.1, 0.15) is 12.4 Å². The fourth-order valence-electron chi connectivity index (χ4n) is 4.30. The number of nitrogens with zero attached hydrogens (tertiary/aromatic N) is 1. The van der Waals surface area contributed by atoms with Crippen LogP contribution in [-0.4, -0.2) is 43.5 Å². The van der Waals surface area contributed by atoms with Gasteiger partial charge in [0.2, 0.25) is 0 Å². The van der Waals surface area contributed by atoms with Crippen LogP contribution in [-0.2, 0) is 20.9 Å². The summed E-state index contributed by atoms with van der Waals surface area (Å²) in [5.74, 6) is 0.397. The molecule has 0 saturated carbocycles. The number of hydrogen-bond donors (Lipinski definition) is 3. The highest BCUT2D eigenvalue weighted by Crippen LogP contribution is 2.35. The molecule has 0 aliphatic carbocycles. The lowest BCUT2D eigenvalue weighted by Gasteiger charge is -2.30. The maximum absolute atomic E-state index is 12.8. The molecule has 1 aliphatic heterocycles. The summed E-state index contributed by atoms with van der Waals surface area (Å²) in [5, 5.41) is 11.1. The van der Waals surface area contributed by atoms with E-state index >= 15 is 0 Å². The van der Waals surface area contributed by atoms with Crippen LogP contribution in [0.3, 0.4) is 0 Å². The van der Waals surface area contributed by atoms with Crippen LogP contribution in [0.1, 0.15) is 36.6 Å². The Morgan fingerprint density at radius 2 is 1.84 bits per heavy atom. The second kappa shape index (κ2) is 15.6. The molecule has 0 saturated heterocycles. The number of hydrazone groups is 1. The molecule has 1 heterocycles. The monoisotopic (exact) mass is 700 g/mol. The van der Waals surface area contributed by atoms with Crippen LogP contribution in [0, 0.1) is 0 Å². The molecule has 0 spiro atoms. The number of benzene rings is 3. The molecule has 3 aromatic carbocycles. The van der Waals surface area contributed by atoms with Crippen molar-refractivity contribution in [3.8, 4) is 17.2 Å². The van der Waals surface area contributed by atoms with E-state index in [-0.39, 0.29) is 19.8 Å². The van der Waals surface area contributed by atoms with Gasteiger partial charge in [-0.2, -0.15) is 5.10 Å². The Morgan fingerprint density at radius 1 is 1.09 bits per heavy atom.